The van der Waals surface area contributed by atoms with Crippen LogP contribution in [0.3, 0.4) is 0 Å². The maximum Gasteiger partial charge on any atom is 0.422 e. The highest BCUT2D eigenvalue weighted by atomic mass is 19.4. The van der Waals surface area contributed by atoms with E-state index in [-0.39, 0.29) is 5.75 Å². The number of alkyl halides is 3. The number of nitrogens with one attached hydrogen (secondary N) is 2. The Balaban J connectivity index is 1.89. The molecule has 0 saturated heterocycles. The maximum atomic E-state index is 12.2. The summed E-state index contributed by atoms with van der Waals surface area (Å²) in [4.78, 5) is 11.9. The van der Waals surface area contributed by atoms with E-state index >= 15 is 0 Å². The van der Waals surface area contributed by atoms with E-state index in [2.05, 4.69) is 15.4 Å². The second kappa shape index (κ2) is 7.92. The van der Waals surface area contributed by atoms with Crippen LogP contribution in [0.15, 0.2) is 42.5 Å². The minimum absolute atomic E-state index is 0.0319. The lowest BCUT2D eigenvalue weighted by molar-refractivity contribution is -0.153. The van der Waals surface area contributed by atoms with Gasteiger partial charge in [0, 0.05) is 18.3 Å². The molecule has 0 saturated carbocycles. The summed E-state index contributed by atoms with van der Waals surface area (Å²) >= 11 is 0. The second-order valence-electron chi connectivity index (χ2n) is 5.67. The standard InChI is InChI=1S/C18H19F3N2O2/c1-12-6-7-14(13(2)8-12)10-22-17(24)23-15-4-3-5-16(9-15)25-11-18(19,20)21/h3-9H,10-11H2,1-2H3,(H2,22,23,24). The van der Waals surface area contributed by atoms with E-state index < -0.39 is 18.8 Å². The third-order valence-electron chi connectivity index (χ3n) is 3.43. The van der Waals surface area contributed by atoms with Gasteiger partial charge in [0.2, 0.25) is 0 Å². The Morgan fingerprint density at radius 3 is 2.56 bits per heavy atom. The number of hydrogen-bond donors (Lipinski definition) is 2. The molecule has 0 unspecified atom stereocenters. The fourth-order valence-corrected chi connectivity index (χ4v) is 2.22. The molecule has 7 heteroatoms. The van der Waals surface area contributed by atoms with Gasteiger partial charge in [-0.1, -0.05) is 29.8 Å². The van der Waals surface area contributed by atoms with Crippen LogP contribution >= 0.6 is 0 Å². The van der Waals surface area contributed by atoms with Crippen LogP contribution in [0.4, 0.5) is 23.7 Å². The molecular formula is C18H19F3N2O2. The van der Waals surface area contributed by atoms with Crippen molar-refractivity contribution in [1.29, 1.82) is 0 Å². The van der Waals surface area contributed by atoms with Crippen LogP contribution in [-0.4, -0.2) is 18.8 Å². The number of anilines is 1. The summed E-state index contributed by atoms with van der Waals surface area (Å²) in [6.07, 6.45) is -4.41. The summed E-state index contributed by atoms with van der Waals surface area (Å²) in [6, 6.07) is 11.3. The van der Waals surface area contributed by atoms with Crippen molar-refractivity contribution < 1.29 is 22.7 Å². The van der Waals surface area contributed by atoms with Gasteiger partial charge in [-0.2, -0.15) is 13.2 Å². The molecule has 134 valence electrons. The van der Waals surface area contributed by atoms with Crippen LogP contribution in [0.25, 0.3) is 0 Å². The zero-order valence-electron chi connectivity index (χ0n) is 13.9. The third-order valence-corrected chi connectivity index (χ3v) is 3.43. The quantitative estimate of drug-likeness (QED) is 0.828. The molecule has 2 aromatic carbocycles. The van der Waals surface area contributed by atoms with E-state index in [1.807, 2.05) is 32.0 Å². The summed E-state index contributed by atoms with van der Waals surface area (Å²) in [6.45, 7) is 2.92. The average molecular weight is 352 g/mol. The minimum atomic E-state index is -4.41. The number of urea groups is 1. The topological polar surface area (TPSA) is 50.4 Å². The highest BCUT2D eigenvalue weighted by Crippen LogP contribution is 2.21. The van der Waals surface area contributed by atoms with Crippen molar-refractivity contribution in [2.24, 2.45) is 0 Å². The van der Waals surface area contributed by atoms with Crippen LogP contribution in [0.5, 0.6) is 5.75 Å². The van der Waals surface area contributed by atoms with Gasteiger partial charge in [-0.05, 0) is 37.1 Å². The van der Waals surface area contributed by atoms with Crippen LogP contribution < -0.4 is 15.4 Å². The summed E-state index contributed by atoms with van der Waals surface area (Å²) in [5.74, 6) is 0.0319. The molecule has 2 amide bonds. The van der Waals surface area contributed by atoms with Crippen molar-refractivity contribution in [3.05, 3.63) is 59.2 Å². The van der Waals surface area contributed by atoms with Crippen molar-refractivity contribution in [1.82, 2.24) is 5.32 Å². The van der Waals surface area contributed by atoms with Gasteiger partial charge >= 0.3 is 12.2 Å². The van der Waals surface area contributed by atoms with Gasteiger partial charge in [-0.3, -0.25) is 0 Å². The van der Waals surface area contributed by atoms with Crippen molar-refractivity contribution in [2.45, 2.75) is 26.6 Å². The molecule has 0 aliphatic rings. The minimum Gasteiger partial charge on any atom is -0.484 e. The number of rotatable bonds is 5. The van der Waals surface area contributed by atoms with Crippen LogP contribution in [0.1, 0.15) is 16.7 Å². The number of carbonyl (C=O) groups excluding carboxylic acids is 1. The SMILES string of the molecule is Cc1ccc(CNC(=O)Nc2cccc(OCC(F)(F)F)c2)c(C)c1. The molecule has 0 heterocycles. The molecule has 0 aliphatic carbocycles. The number of benzene rings is 2. The van der Waals surface area contributed by atoms with Crippen molar-refractivity contribution in [3.8, 4) is 5.75 Å². The average Bonchev–Trinajstić information content (AvgIpc) is 2.52. The summed E-state index contributed by atoms with van der Waals surface area (Å²) in [5, 5.41) is 5.28. The third kappa shape index (κ3) is 6.37. The predicted molar refractivity (Wildman–Crippen MR) is 89.8 cm³/mol. The Hall–Kier alpha value is -2.70. The largest absolute Gasteiger partial charge is 0.484 e. The Morgan fingerprint density at radius 2 is 1.88 bits per heavy atom. The van der Waals surface area contributed by atoms with E-state index in [1.165, 1.54) is 18.2 Å². The number of hydrogen-bond acceptors (Lipinski definition) is 2. The number of amides is 2. The summed E-state index contributed by atoms with van der Waals surface area (Å²) in [5.41, 5.74) is 3.55. The first-order chi connectivity index (χ1) is 11.7. The lowest BCUT2D eigenvalue weighted by atomic mass is 10.1. The summed E-state index contributed by atoms with van der Waals surface area (Å²) in [7, 11) is 0. The molecule has 2 rings (SSSR count). The molecule has 0 bridgehead atoms. The smallest absolute Gasteiger partial charge is 0.422 e. The highest BCUT2D eigenvalue weighted by molar-refractivity contribution is 5.89. The fraction of sp³-hybridized carbons (Fsp3) is 0.278. The predicted octanol–water partition coefficient (Wildman–Crippen LogP) is 4.57. The molecule has 25 heavy (non-hydrogen) atoms. The van der Waals surface area contributed by atoms with Gasteiger partial charge in [0.1, 0.15) is 5.75 Å². The summed E-state index contributed by atoms with van der Waals surface area (Å²) < 4.78 is 41.2. The van der Waals surface area contributed by atoms with E-state index in [0.717, 1.165) is 16.7 Å². The van der Waals surface area contributed by atoms with Gasteiger partial charge in [-0.15, -0.1) is 0 Å². The molecular weight excluding hydrogens is 333 g/mol. The maximum absolute atomic E-state index is 12.2. The first kappa shape index (κ1) is 18.6. The van der Waals surface area contributed by atoms with Gasteiger partial charge in [-0.25, -0.2) is 4.79 Å². The van der Waals surface area contributed by atoms with E-state index in [0.29, 0.717) is 12.2 Å². The Kier molecular flexibility index (Phi) is 5.90. The number of halogens is 3. The fourth-order valence-electron chi connectivity index (χ4n) is 2.22. The van der Waals surface area contributed by atoms with E-state index in [4.69, 9.17) is 0 Å². The number of carbonyl (C=O) groups is 1. The van der Waals surface area contributed by atoms with Crippen molar-refractivity contribution >= 4 is 11.7 Å². The van der Waals surface area contributed by atoms with Crippen LogP contribution in [0.2, 0.25) is 0 Å². The normalized spacial score (nSPS) is 11.1. The first-order valence-electron chi connectivity index (χ1n) is 7.63. The van der Waals surface area contributed by atoms with Gasteiger partial charge in [0.05, 0.1) is 0 Å². The lowest BCUT2D eigenvalue weighted by Gasteiger charge is -2.12. The molecule has 0 radical (unpaired) electrons. The van der Waals surface area contributed by atoms with Gasteiger partial charge < -0.3 is 15.4 Å². The van der Waals surface area contributed by atoms with Crippen LogP contribution in [0, 0.1) is 13.8 Å². The zero-order chi connectivity index (χ0) is 18.4. The Labute approximate surface area is 144 Å². The van der Waals surface area contributed by atoms with Crippen molar-refractivity contribution in [3.63, 3.8) is 0 Å². The second-order valence-corrected chi connectivity index (χ2v) is 5.67. The monoisotopic (exact) mass is 352 g/mol. The van der Waals surface area contributed by atoms with Crippen LogP contribution in [-0.2, 0) is 6.54 Å². The number of ether oxygens (including phenoxy) is 1. The first-order valence-corrected chi connectivity index (χ1v) is 7.63. The zero-order valence-corrected chi connectivity index (χ0v) is 13.9. The lowest BCUT2D eigenvalue weighted by Crippen LogP contribution is -2.28. The molecule has 0 fully saturated rings. The molecule has 0 aromatic heterocycles. The molecule has 2 N–H and O–H groups in total. The molecule has 0 spiro atoms. The molecule has 4 nitrogen and oxygen atoms in total. The highest BCUT2D eigenvalue weighted by Gasteiger charge is 2.28. The van der Waals surface area contributed by atoms with Crippen molar-refractivity contribution in [2.75, 3.05) is 11.9 Å². The Morgan fingerprint density at radius 1 is 1.12 bits per heavy atom. The van der Waals surface area contributed by atoms with Gasteiger partial charge in [0.25, 0.3) is 0 Å². The molecule has 2 aromatic rings. The molecule has 0 atom stereocenters. The number of aryl methyl sites for hydroxylation is 2. The molecule has 0 aliphatic heterocycles. The van der Waals surface area contributed by atoms with E-state index in [9.17, 15) is 18.0 Å². The Bertz CT molecular complexity index is 745. The van der Waals surface area contributed by atoms with Gasteiger partial charge in [0.15, 0.2) is 6.61 Å². The van der Waals surface area contributed by atoms with E-state index in [1.54, 1.807) is 6.07 Å².